The highest BCUT2D eigenvalue weighted by atomic mass is 32.2. The van der Waals surface area contributed by atoms with Crippen LogP contribution in [0.15, 0.2) is 65.6 Å². The molecule has 7 nitrogen and oxygen atoms in total. The van der Waals surface area contributed by atoms with Crippen molar-refractivity contribution >= 4 is 26.9 Å². The summed E-state index contributed by atoms with van der Waals surface area (Å²) in [6.07, 6.45) is 0.716. The van der Waals surface area contributed by atoms with Gasteiger partial charge in [-0.15, -0.1) is 0 Å². The molecule has 0 aliphatic carbocycles. The van der Waals surface area contributed by atoms with Crippen LogP contribution in [0.4, 0.5) is 0 Å². The van der Waals surface area contributed by atoms with Gasteiger partial charge in [-0.25, -0.2) is 0 Å². The Morgan fingerprint density at radius 1 is 1.07 bits per heavy atom. The van der Waals surface area contributed by atoms with Gasteiger partial charge >= 0.3 is 5.97 Å². The number of esters is 1. The second kappa shape index (κ2) is 10.00. The summed E-state index contributed by atoms with van der Waals surface area (Å²) in [7, 11) is -5.89. The lowest BCUT2D eigenvalue weighted by atomic mass is 10.2. The average molecular weight is 441 g/mol. The molecule has 0 aromatic heterocycles. The first-order valence-electron chi connectivity index (χ1n) is 8.90. The summed E-state index contributed by atoms with van der Waals surface area (Å²) in [5.41, 5.74) is 0. The maximum absolute atomic E-state index is 12.7. The predicted octanol–water partition coefficient (Wildman–Crippen LogP) is 2.89. The molecule has 9 heteroatoms. The number of hydrogen-bond donors (Lipinski definition) is 0. The van der Waals surface area contributed by atoms with Crippen LogP contribution in [0, 0.1) is 0 Å². The Balaban J connectivity index is 2.11. The van der Waals surface area contributed by atoms with Gasteiger partial charge in [0.2, 0.25) is 6.29 Å². The second-order valence-electron chi connectivity index (χ2n) is 6.39. The Bertz CT molecular complexity index is 930. The van der Waals surface area contributed by atoms with Crippen molar-refractivity contribution in [2.45, 2.75) is 36.2 Å². The first kappa shape index (κ1) is 23.1. The van der Waals surface area contributed by atoms with E-state index in [1.807, 2.05) is 6.07 Å². The summed E-state index contributed by atoms with van der Waals surface area (Å²) in [6, 6.07) is 16.3. The largest absolute Gasteiger partial charge is 0.455 e. The fourth-order valence-corrected chi connectivity index (χ4v) is 3.79. The number of hydrogen-bond acceptors (Lipinski definition) is 7. The van der Waals surface area contributed by atoms with Crippen LogP contribution in [0.2, 0.25) is 0 Å². The van der Waals surface area contributed by atoms with Crippen molar-refractivity contribution in [3.05, 3.63) is 60.7 Å². The van der Waals surface area contributed by atoms with Crippen LogP contribution < -0.4 is 4.74 Å². The van der Waals surface area contributed by atoms with Crippen LogP contribution in [0.5, 0.6) is 5.75 Å². The second-order valence-corrected chi connectivity index (χ2v) is 9.81. The minimum absolute atomic E-state index is 0.0588. The molecule has 2 aromatic carbocycles. The van der Waals surface area contributed by atoms with Crippen LogP contribution in [0.3, 0.4) is 0 Å². The molecule has 0 N–H and O–H groups in total. The van der Waals surface area contributed by atoms with Crippen molar-refractivity contribution in [2.75, 3.05) is 12.9 Å². The molecule has 0 radical (unpaired) electrons. The zero-order valence-electron chi connectivity index (χ0n) is 16.4. The topological polar surface area (TPSA) is 96.0 Å². The van der Waals surface area contributed by atoms with Gasteiger partial charge in [0.1, 0.15) is 5.75 Å². The predicted molar refractivity (Wildman–Crippen MR) is 109 cm³/mol. The van der Waals surface area contributed by atoms with Gasteiger partial charge < -0.3 is 9.47 Å². The molecule has 158 valence electrons. The van der Waals surface area contributed by atoms with Gasteiger partial charge in [0.05, 0.1) is 11.5 Å². The standard InChI is InChI=1S/C20H24O7S2/c1-4-18(26-16-11-7-5-8-12-16)27-19(21)20(2,28(3)22)15-25-29(23,24)17-13-9-6-10-14-17/h5-14,18H,4,15H2,1-3H3. The summed E-state index contributed by atoms with van der Waals surface area (Å²) >= 11 is 0. The van der Waals surface area contributed by atoms with Crippen LogP contribution in [0.25, 0.3) is 0 Å². The Labute approximate surface area is 173 Å². The van der Waals surface area contributed by atoms with E-state index in [-0.39, 0.29) is 4.90 Å². The molecule has 0 saturated heterocycles. The lowest BCUT2D eigenvalue weighted by Gasteiger charge is -2.27. The van der Waals surface area contributed by atoms with Crippen LogP contribution in [-0.4, -0.2) is 42.5 Å². The van der Waals surface area contributed by atoms with Crippen molar-refractivity contribution in [1.29, 1.82) is 0 Å². The normalized spacial score (nSPS) is 15.7. The first-order chi connectivity index (χ1) is 13.7. The van der Waals surface area contributed by atoms with Gasteiger partial charge in [0, 0.05) is 23.5 Å². The van der Waals surface area contributed by atoms with Gasteiger partial charge in [-0.2, -0.15) is 8.42 Å². The molecule has 3 unspecified atom stereocenters. The van der Waals surface area contributed by atoms with E-state index in [1.54, 1.807) is 49.4 Å². The number of carbonyl (C=O) groups is 1. The fraction of sp³-hybridized carbons (Fsp3) is 0.350. The Kier molecular flexibility index (Phi) is 7.95. The SMILES string of the molecule is CCC(OC(=O)C(C)(COS(=O)(=O)c1ccccc1)S(C)=O)Oc1ccccc1. The van der Waals surface area contributed by atoms with Crippen molar-refractivity contribution < 1.29 is 31.1 Å². The van der Waals surface area contributed by atoms with Crippen LogP contribution in [0.1, 0.15) is 20.3 Å². The number of ether oxygens (including phenoxy) is 2. The van der Waals surface area contributed by atoms with E-state index in [2.05, 4.69) is 0 Å². The molecule has 0 aliphatic heterocycles. The Morgan fingerprint density at radius 2 is 1.62 bits per heavy atom. The smallest absolute Gasteiger partial charge is 0.330 e. The molecular weight excluding hydrogens is 416 g/mol. The van der Waals surface area contributed by atoms with Gasteiger partial charge in [0.15, 0.2) is 4.75 Å². The number of para-hydroxylation sites is 1. The molecule has 0 fully saturated rings. The minimum atomic E-state index is -4.12. The van der Waals surface area contributed by atoms with E-state index >= 15 is 0 Å². The monoisotopic (exact) mass is 440 g/mol. The van der Waals surface area contributed by atoms with E-state index in [0.29, 0.717) is 12.2 Å². The highest BCUT2D eigenvalue weighted by Gasteiger charge is 2.42. The summed E-state index contributed by atoms with van der Waals surface area (Å²) in [4.78, 5) is 12.7. The molecule has 3 atom stereocenters. The molecule has 0 saturated carbocycles. The molecule has 0 bridgehead atoms. The molecular formula is C20H24O7S2. The van der Waals surface area contributed by atoms with E-state index < -0.39 is 44.5 Å². The number of benzene rings is 2. The van der Waals surface area contributed by atoms with Gasteiger partial charge in [-0.1, -0.05) is 43.3 Å². The molecule has 0 aliphatic rings. The van der Waals surface area contributed by atoms with Gasteiger partial charge in [-0.3, -0.25) is 13.2 Å². The first-order valence-corrected chi connectivity index (χ1v) is 11.9. The number of carbonyl (C=O) groups excluding carboxylic acids is 1. The molecule has 0 amide bonds. The lowest BCUT2D eigenvalue weighted by Crippen LogP contribution is -2.47. The molecule has 0 heterocycles. The van der Waals surface area contributed by atoms with E-state index in [9.17, 15) is 17.4 Å². The van der Waals surface area contributed by atoms with Gasteiger partial charge in [-0.05, 0) is 31.2 Å². The van der Waals surface area contributed by atoms with E-state index in [0.717, 1.165) is 0 Å². The quantitative estimate of drug-likeness (QED) is 0.318. The highest BCUT2D eigenvalue weighted by molar-refractivity contribution is 7.87. The van der Waals surface area contributed by atoms with E-state index in [1.165, 1.54) is 25.3 Å². The third-order valence-electron chi connectivity index (χ3n) is 4.17. The van der Waals surface area contributed by atoms with Crippen molar-refractivity contribution in [2.24, 2.45) is 0 Å². The average Bonchev–Trinajstić information content (AvgIpc) is 2.72. The van der Waals surface area contributed by atoms with E-state index in [4.69, 9.17) is 13.7 Å². The Morgan fingerprint density at radius 3 is 2.14 bits per heavy atom. The summed E-state index contributed by atoms with van der Waals surface area (Å²) in [5, 5.41) is 0. The van der Waals surface area contributed by atoms with Crippen LogP contribution >= 0.6 is 0 Å². The maximum Gasteiger partial charge on any atom is 0.330 e. The molecule has 0 spiro atoms. The van der Waals surface area contributed by atoms with Crippen molar-refractivity contribution in [3.63, 3.8) is 0 Å². The molecule has 2 rings (SSSR count). The molecule has 2 aromatic rings. The van der Waals surface area contributed by atoms with Crippen LogP contribution in [-0.2, 0) is 34.6 Å². The highest BCUT2D eigenvalue weighted by Crippen LogP contribution is 2.22. The maximum atomic E-state index is 12.7. The summed E-state index contributed by atoms with van der Waals surface area (Å²) < 4.78 is 51.3. The minimum Gasteiger partial charge on any atom is -0.455 e. The third kappa shape index (κ3) is 6.12. The zero-order valence-corrected chi connectivity index (χ0v) is 18.1. The Hall–Kier alpha value is -2.23. The fourth-order valence-electron chi connectivity index (χ4n) is 2.19. The van der Waals surface area contributed by atoms with Gasteiger partial charge in [0.25, 0.3) is 10.1 Å². The number of rotatable bonds is 10. The summed E-state index contributed by atoms with van der Waals surface area (Å²) in [6.45, 7) is 2.46. The zero-order chi connectivity index (χ0) is 21.5. The summed E-state index contributed by atoms with van der Waals surface area (Å²) in [5.74, 6) is -0.362. The van der Waals surface area contributed by atoms with Crippen molar-refractivity contribution in [1.82, 2.24) is 0 Å². The molecule has 29 heavy (non-hydrogen) atoms. The van der Waals surface area contributed by atoms with Crippen molar-refractivity contribution in [3.8, 4) is 5.75 Å². The lowest BCUT2D eigenvalue weighted by molar-refractivity contribution is -0.167. The third-order valence-corrected chi connectivity index (χ3v) is 7.00.